The first kappa shape index (κ1) is 23.5. The number of nitro benzene ring substituents is 1. The Morgan fingerprint density at radius 2 is 1.80 bits per heavy atom. The Morgan fingerprint density at radius 1 is 1.06 bits per heavy atom. The summed E-state index contributed by atoms with van der Waals surface area (Å²) in [5, 5.41) is 18.0. The molecule has 0 aliphatic rings. The fourth-order valence-corrected chi connectivity index (χ4v) is 3.94. The average molecular weight is 492 g/mol. The van der Waals surface area contributed by atoms with Crippen LogP contribution < -0.4 is 15.5 Å². The third-order valence-electron chi connectivity index (χ3n) is 4.69. The lowest BCUT2D eigenvalue weighted by Gasteiger charge is -2.07. The van der Waals surface area contributed by atoms with Gasteiger partial charge >= 0.3 is 0 Å². The molecule has 2 N–H and O–H groups in total. The molecule has 0 fully saturated rings. The zero-order valence-corrected chi connectivity index (χ0v) is 18.8. The van der Waals surface area contributed by atoms with E-state index in [2.05, 4.69) is 15.8 Å². The molecule has 0 atom stereocenters. The Kier molecular flexibility index (Phi) is 7.07. The molecule has 1 aromatic heterocycles. The third-order valence-corrected chi connectivity index (χ3v) is 5.81. The van der Waals surface area contributed by atoms with Gasteiger partial charge in [-0.25, -0.2) is 9.82 Å². The topological polar surface area (TPSA) is 123 Å². The maximum Gasteiger partial charge on any atom is 0.281 e. The zero-order valence-electron chi connectivity index (χ0n) is 17.9. The van der Waals surface area contributed by atoms with E-state index in [4.69, 9.17) is 4.74 Å². The molecule has 0 unspecified atom stereocenters. The van der Waals surface area contributed by atoms with Gasteiger partial charge in [-0.3, -0.25) is 19.7 Å². The SMILES string of the molecule is O=C(COc1ccc(/C=N\NC(=O)c2cc3cc([N+](=O)[O-])ccc3s2)cc1)Nc1ccc(F)cc1. The number of fused-ring (bicyclic) bond motifs is 1. The molecule has 9 nitrogen and oxygen atoms in total. The Balaban J connectivity index is 1.27. The summed E-state index contributed by atoms with van der Waals surface area (Å²) in [5.41, 5.74) is 3.53. The van der Waals surface area contributed by atoms with Gasteiger partial charge in [-0.2, -0.15) is 5.10 Å². The number of benzene rings is 3. The Labute approximate surface area is 202 Å². The van der Waals surface area contributed by atoms with Crippen LogP contribution in [0.3, 0.4) is 0 Å². The van der Waals surface area contributed by atoms with E-state index >= 15 is 0 Å². The number of nitro groups is 1. The van der Waals surface area contributed by atoms with Gasteiger partial charge in [0, 0.05) is 27.9 Å². The predicted octanol–water partition coefficient (Wildman–Crippen LogP) is 4.73. The van der Waals surface area contributed by atoms with Crippen LogP contribution in [0.25, 0.3) is 10.1 Å². The molecule has 4 aromatic rings. The number of thiophene rings is 1. The summed E-state index contributed by atoms with van der Waals surface area (Å²) in [6, 6.07) is 18.1. The van der Waals surface area contributed by atoms with Gasteiger partial charge in [-0.15, -0.1) is 11.3 Å². The van der Waals surface area contributed by atoms with Gasteiger partial charge in [-0.05, 0) is 66.2 Å². The molecule has 2 amide bonds. The summed E-state index contributed by atoms with van der Waals surface area (Å²) in [4.78, 5) is 35.1. The molecule has 3 aromatic carbocycles. The highest BCUT2D eigenvalue weighted by atomic mass is 32.1. The van der Waals surface area contributed by atoms with Crippen LogP contribution in [-0.4, -0.2) is 29.6 Å². The highest BCUT2D eigenvalue weighted by molar-refractivity contribution is 7.20. The van der Waals surface area contributed by atoms with Crippen molar-refractivity contribution >= 4 is 50.8 Å². The van der Waals surface area contributed by atoms with Crippen LogP contribution >= 0.6 is 11.3 Å². The molecule has 0 radical (unpaired) electrons. The summed E-state index contributed by atoms with van der Waals surface area (Å²) in [5.74, 6) is -0.756. The minimum absolute atomic E-state index is 0.0405. The minimum Gasteiger partial charge on any atom is -0.484 e. The van der Waals surface area contributed by atoms with Crippen LogP contribution in [0.15, 0.2) is 77.9 Å². The number of nitrogens with one attached hydrogen (secondary N) is 2. The number of carbonyl (C=O) groups is 2. The predicted molar refractivity (Wildman–Crippen MR) is 131 cm³/mol. The van der Waals surface area contributed by atoms with Crippen molar-refractivity contribution in [2.45, 2.75) is 0 Å². The average Bonchev–Trinajstić information content (AvgIpc) is 3.28. The number of anilines is 1. The van der Waals surface area contributed by atoms with Gasteiger partial charge in [0.15, 0.2) is 6.61 Å². The Hall–Kier alpha value is -4.64. The van der Waals surface area contributed by atoms with Gasteiger partial charge < -0.3 is 10.1 Å². The first-order valence-corrected chi connectivity index (χ1v) is 11.0. The van der Waals surface area contributed by atoms with E-state index in [-0.39, 0.29) is 18.2 Å². The molecule has 11 heteroatoms. The zero-order chi connectivity index (χ0) is 24.8. The number of halogens is 1. The van der Waals surface area contributed by atoms with Crippen molar-refractivity contribution in [2.75, 3.05) is 11.9 Å². The van der Waals surface area contributed by atoms with Crippen LogP contribution in [0, 0.1) is 15.9 Å². The smallest absolute Gasteiger partial charge is 0.281 e. The molecule has 176 valence electrons. The van der Waals surface area contributed by atoms with E-state index in [0.717, 1.165) is 4.70 Å². The van der Waals surface area contributed by atoms with Crippen LogP contribution in [0.5, 0.6) is 5.75 Å². The van der Waals surface area contributed by atoms with E-state index in [0.29, 0.717) is 27.3 Å². The molecule has 0 aliphatic carbocycles. The summed E-state index contributed by atoms with van der Waals surface area (Å²) in [6.45, 7) is -0.223. The molecular formula is C24H17FN4O5S. The number of rotatable bonds is 8. The van der Waals surface area contributed by atoms with Gasteiger partial charge in [0.2, 0.25) is 0 Å². The number of hydrogen-bond donors (Lipinski definition) is 2. The molecule has 35 heavy (non-hydrogen) atoms. The molecule has 0 saturated carbocycles. The molecule has 1 heterocycles. The normalized spacial score (nSPS) is 10.9. The standard InChI is InChI=1S/C24H17FN4O5S/c25-17-3-5-18(6-4-17)27-23(30)14-34-20-8-1-15(2-9-20)13-26-28-24(31)22-12-16-11-19(29(32)33)7-10-21(16)35-22/h1-13H,14H2,(H,27,30)(H,28,31)/b26-13-. The quantitative estimate of drug-likeness (QED) is 0.209. The number of non-ortho nitro benzene ring substituents is 1. The maximum absolute atomic E-state index is 12.9. The van der Waals surface area contributed by atoms with Crippen molar-refractivity contribution < 1.29 is 23.6 Å². The minimum atomic E-state index is -0.486. The number of carbonyl (C=O) groups excluding carboxylic acids is 2. The monoisotopic (exact) mass is 492 g/mol. The number of hydrogen-bond acceptors (Lipinski definition) is 7. The second-order valence-electron chi connectivity index (χ2n) is 7.20. The highest BCUT2D eigenvalue weighted by Gasteiger charge is 2.13. The van der Waals surface area contributed by atoms with Gasteiger partial charge in [0.1, 0.15) is 11.6 Å². The van der Waals surface area contributed by atoms with Crippen LogP contribution in [0.2, 0.25) is 0 Å². The van der Waals surface area contributed by atoms with E-state index in [1.54, 1.807) is 36.4 Å². The maximum atomic E-state index is 12.9. The molecule has 0 aliphatic heterocycles. The molecule has 0 saturated heterocycles. The van der Waals surface area contributed by atoms with Crippen molar-refractivity contribution in [3.05, 3.63) is 99.2 Å². The van der Waals surface area contributed by atoms with Crippen LogP contribution in [0.4, 0.5) is 15.8 Å². The second kappa shape index (κ2) is 10.5. The first-order valence-electron chi connectivity index (χ1n) is 10.2. The Bertz CT molecular complexity index is 1420. The largest absolute Gasteiger partial charge is 0.484 e. The van der Waals surface area contributed by atoms with E-state index < -0.39 is 16.6 Å². The number of ether oxygens (including phenoxy) is 1. The van der Waals surface area contributed by atoms with Crippen molar-refractivity contribution in [3.8, 4) is 5.75 Å². The van der Waals surface area contributed by atoms with Gasteiger partial charge in [0.25, 0.3) is 17.5 Å². The summed E-state index contributed by atoms with van der Waals surface area (Å²) in [7, 11) is 0. The fraction of sp³-hybridized carbons (Fsp3) is 0.0417. The molecule has 0 bridgehead atoms. The van der Waals surface area contributed by atoms with Crippen molar-refractivity contribution in [2.24, 2.45) is 5.10 Å². The van der Waals surface area contributed by atoms with Gasteiger partial charge in [0.05, 0.1) is 16.0 Å². The number of nitrogens with zero attached hydrogens (tertiary/aromatic N) is 2. The van der Waals surface area contributed by atoms with Gasteiger partial charge in [-0.1, -0.05) is 0 Å². The summed E-state index contributed by atoms with van der Waals surface area (Å²) in [6.07, 6.45) is 1.45. The van der Waals surface area contributed by atoms with Crippen molar-refractivity contribution in [1.82, 2.24) is 5.43 Å². The van der Waals surface area contributed by atoms with Crippen molar-refractivity contribution in [1.29, 1.82) is 0 Å². The summed E-state index contributed by atoms with van der Waals surface area (Å²) >= 11 is 1.21. The van der Waals surface area contributed by atoms with E-state index in [1.807, 2.05) is 0 Å². The Morgan fingerprint density at radius 3 is 2.51 bits per heavy atom. The molecular weight excluding hydrogens is 475 g/mol. The van der Waals surface area contributed by atoms with E-state index in [1.165, 1.54) is 53.9 Å². The fourth-order valence-electron chi connectivity index (χ4n) is 3.01. The first-order chi connectivity index (χ1) is 16.9. The summed E-state index contributed by atoms with van der Waals surface area (Å²) < 4.78 is 19.1. The lowest BCUT2D eigenvalue weighted by molar-refractivity contribution is -0.384. The van der Waals surface area contributed by atoms with E-state index in [9.17, 15) is 24.1 Å². The van der Waals surface area contributed by atoms with Crippen molar-refractivity contribution in [3.63, 3.8) is 0 Å². The highest BCUT2D eigenvalue weighted by Crippen LogP contribution is 2.28. The van der Waals surface area contributed by atoms with Crippen LogP contribution in [-0.2, 0) is 4.79 Å². The third kappa shape index (κ3) is 6.24. The molecule has 4 rings (SSSR count). The molecule has 0 spiro atoms. The number of hydrazone groups is 1. The lowest BCUT2D eigenvalue weighted by atomic mass is 10.2. The second-order valence-corrected chi connectivity index (χ2v) is 8.29. The number of amides is 2. The lowest BCUT2D eigenvalue weighted by Crippen LogP contribution is -2.20. The van der Waals surface area contributed by atoms with Crippen LogP contribution in [0.1, 0.15) is 15.2 Å².